The van der Waals surface area contributed by atoms with Gasteiger partial charge in [-0.3, -0.25) is 0 Å². The molecule has 0 aromatic heterocycles. The average molecular weight is 227 g/mol. The molecular weight excluding hydrogens is 212 g/mol. The van der Waals surface area contributed by atoms with Gasteiger partial charge in [-0.15, -0.1) is 0 Å². The van der Waals surface area contributed by atoms with Gasteiger partial charge in [0.2, 0.25) is 0 Å². The van der Waals surface area contributed by atoms with E-state index < -0.39 is 0 Å². The minimum atomic E-state index is 0.258. The van der Waals surface area contributed by atoms with Crippen LogP contribution in [0.4, 0.5) is 11.4 Å². The maximum atomic E-state index is 5.93. The molecule has 2 N–H and O–H groups in total. The minimum Gasteiger partial charge on any atom is -0.397 e. The van der Waals surface area contributed by atoms with Crippen LogP contribution in [0.1, 0.15) is 6.92 Å². The molecule has 0 amide bonds. The van der Waals surface area contributed by atoms with Gasteiger partial charge < -0.3 is 15.4 Å². The number of ether oxygens (including phenoxy) is 1. The first-order valence-electron chi connectivity index (χ1n) is 5.08. The predicted octanol–water partition coefficient (Wildman–Crippen LogP) is 2.15. The topological polar surface area (TPSA) is 38.5 Å². The van der Waals surface area contributed by atoms with Crippen LogP contribution in [-0.2, 0) is 4.74 Å². The molecule has 0 radical (unpaired) electrons. The van der Waals surface area contributed by atoms with Crippen molar-refractivity contribution in [2.75, 3.05) is 30.3 Å². The van der Waals surface area contributed by atoms with Crippen LogP contribution in [0.2, 0.25) is 5.02 Å². The van der Waals surface area contributed by atoms with Gasteiger partial charge in [-0.1, -0.05) is 11.6 Å². The van der Waals surface area contributed by atoms with Crippen molar-refractivity contribution in [3.63, 3.8) is 0 Å². The van der Waals surface area contributed by atoms with Crippen molar-refractivity contribution in [3.05, 3.63) is 23.2 Å². The van der Waals surface area contributed by atoms with E-state index in [0.29, 0.717) is 5.02 Å². The number of nitrogen functional groups attached to an aromatic ring is 1. The zero-order valence-electron chi connectivity index (χ0n) is 8.74. The molecule has 3 nitrogen and oxygen atoms in total. The van der Waals surface area contributed by atoms with E-state index in [9.17, 15) is 0 Å². The van der Waals surface area contributed by atoms with Gasteiger partial charge in [-0.05, 0) is 25.1 Å². The molecule has 1 aliphatic heterocycles. The lowest BCUT2D eigenvalue weighted by molar-refractivity contribution is 0.0533. The van der Waals surface area contributed by atoms with E-state index in [2.05, 4.69) is 11.8 Å². The van der Waals surface area contributed by atoms with E-state index >= 15 is 0 Å². The van der Waals surface area contributed by atoms with Gasteiger partial charge in [0.15, 0.2) is 0 Å². The molecule has 0 bridgehead atoms. The van der Waals surface area contributed by atoms with Crippen molar-refractivity contribution in [2.24, 2.45) is 0 Å². The van der Waals surface area contributed by atoms with E-state index in [1.165, 1.54) is 0 Å². The SMILES string of the molecule is CC1CN(c2ccc(Cl)cc2N)CCO1. The molecule has 1 aliphatic rings. The summed E-state index contributed by atoms with van der Waals surface area (Å²) in [5, 5.41) is 0.678. The number of rotatable bonds is 1. The van der Waals surface area contributed by atoms with E-state index in [4.69, 9.17) is 22.1 Å². The molecule has 2 rings (SSSR count). The number of nitrogens with two attached hydrogens (primary N) is 1. The first-order chi connectivity index (χ1) is 7.16. The Balaban J connectivity index is 2.21. The maximum absolute atomic E-state index is 5.93. The van der Waals surface area contributed by atoms with Crippen molar-refractivity contribution >= 4 is 23.0 Å². The standard InChI is InChI=1S/C11H15ClN2O/c1-8-7-14(4-5-15-8)11-3-2-9(12)6-10(11)13/h2-3,6,8H,4-5,7,13H2,1H3. The highest BCUT2D eigenvalue weighted by Gasteiger charge is 2.18. The third-order valence-electron chi connectivity index (χ3n) is 2.57. The highest BCUT2D eigenvalue weighted by molar-refractivity contribution is 6.31. The van der Waals surface area contributed by atoms with Crippen molar-refractivity contribution in [3.8, 4) is 0 Å². The van der Waals surface area contributed by atoms with Crippen molar-refractivity contribution in [1.29, 1.82) is 0 Å². The number of halogens is 1. The number of hydrogen-bond donors (Lipinski definition) is 1. The molecule has 1 aromatic carbocycles. The van der Waals surface area contributed by atoms with Crippen LogP contribution >= 0.6 is 11.6 Å². The second-order valence-electron chi connectivity index (χ2n) is 3.83. The van der Waals surface area contributed by atoms with Crippen LogP contribution in [0.15, 0.2) is 18.2 Å². The third kappa shape index (κ3) is 2.36. The van der Waals surface area contributed by atoms with Crippen molar-refractivity contribution in [2.45, 2.75) is 13.0 Å². The first kappa shape index (κ1) is 10.6. The van der Waals surface area contributed by atoms with Gasteiger partial charge in [0.1, 0.15) is 0 Å². The summed E-state index contributed by atoms with van der Waals surface area (Å²) in [7, 11) is 0. The smallest absolute Gasteiger partial charge is 0.0722 e. The minimum absolute atomic E-state index is 0.258. The first-order valence-corrected chi connectivity index (χ1v) is 5.46. The van der Waals surface area contributed by atoms with Crippen LogP contribution in [0.5, 0.6) is 0 Å². The van der Waals surface area contributed by atoms with Gasteiger partial charge in [-0.25, -0.2) is 0 Å². The third-order valence-corrected chi connectivity index (χ3v) is 2.81. The fourth-order valence-corrected chi connectivity index (χ4v) is 2.03. The Morgan fingerprint density at radius 2 is 2.33 bits per heavy atom. The zero-order valence-corrected chi connectivity index (χ0v) is 9.50. The van der Waals surface area contributed by atoms with E-state index in [1.807, 2.05) is 12.1 Å². The number of anilines is 2. The molecule has 1 atom stereocenters. The molecule has 4 heteroatoms. The summed E-state index contributed by atoms with van der Waals surface area (Å²) in [6, 6.07) is 5.63. The molecule has 82 valence electrons. The van der Waals surface area contributed by atoms with Gasteiger partial charge >= 0.3 is 0 Å². The van der Waals surface area contributed by atoms with Gasteiger partial charge in [0, 0.05) is 18.1 Å². The molecule has 0 saturated carbocycles. The highest BCUT2D eigenvalue weighted by Crippen LogP contribution is 2.27. The lowest BCUT2D eigenvalue weighted by atomic mass is 10.2. The van der Waals surface area contributed by atoms with Crippen molar-refractivity contribution in [1.82, 2.24) is 0 Å². The molecule has 1 saturated heterocycles. The van der Waals surface area contributed by atoms with Gasteiger partial charge in [-0.2, -0.15) is 0 Å². The van der Waals surface area contributed by atoms with E-state index in [1.54, 1.807) is 6.07 Å². The quantitative estimate of drug-likeness (QED) is 0.746. The lowest BCUT2D eigenvalue weighted by Crippen LogP contribution is -2.41. The van der Waals surface area contributed by atoms with Gasteiger partial charge in [0.05, 0.1) is 24.1 Å². The number of nitrogens with zero attached hydrogens (tertiary/aromatic N) is 1. The largest absolute Gasteiger partial charge is 0.397 e. The van der Waals surface area contributed by atoms with Crippen LogP contribution in [0.25, 0.3) is 0 Å². The Hall–Kier alpha value is -0.930. The number of hydrogen-bond acceptors (Lipinski definition) is 3. The zero-order chi connectivity index (χ0) is 10.8. The normalized spacial score (nSPS) is 21.7. The van der Waals surface area contributed by atoms with Gasteiger partial charge in [0.25, 0.3) is 0 Å². The summed E-state index contributed by atoms with van der Waals surface area (Å²) in [5.74, 6) is 0. The number of benzene rings is 1. The molecule has 1 aromatic rings. The fourth-order valence-electron chi connectivity index (χ4n) is 1.85. The Morgan fingerprint density at radius 3 is 3.00 bits per heavy atom. The summed E-state index contributed by atoms with van der Waals surface area (Å²) in [4.78, 5) is 2.24. The fraction of sp³-hybridized carbons (Fsp3) is 0.455. The maximum Gasteiger partial charge on any atom is 0.0722 e. The summed E-state index contributed by atoms with van der Waals surface area (Å²) in [5.41, 5.74) is 7.71. The molecule has 1 fully saturated rings. The lowest BCUT2D eigenvalue weighted by Gasteiger charge is -2.33. The van der Waals surface area contributed by atoms with Crippen LogP contribution in [0.3, 0.4) is 0 Å². The predicted molar refractivity (Wildman–Crippen MR) is 63.5 cm³/mol. The molecule has 15 heavy (non-hydrogen) atoms. The molecule has 1 unspecified atom stereocenters. The monoisotopic (exact) mass is 226 g/mol. The molecular formula is C11H15ClN2O. The second-order valence-corrected chi connectivity index (χ2v) is 4.27. The average Bonchev–Trinajstić information content (AvgIpc) is 2.17. The molecule has 0 aliphatic carbocycles. The second kappa shape index (κ2) is 4.29. The Morgan fingerprint density at radius 1 is 1.53 bits per heavy atom. The van der Waals surface area contributed by atoms with Crippen LogP contribution in [0, 0.1) is 0 Å². The highest BCUT2D eigenvalue weighted by atomic mass is 35.5. The van der Waals surface area contributed by atoms with Crippen LogP contribution < -0.4 is 10.6 Å². The molecule has 0 spiro atoms. The Bertz CT molecular complexity index is 356. The number of morpholine rings is 1. The van der Waals surface area contributed by atoms with E-state index in [0.717, 1.165) is 31.1 Å². The summed E-state index contributed by atoms with van der Waals surface area (Å²) in [6.07, 6.45) is 0.258. The van der Waals surface area contributed by atoms with E-state index in [-0.39, 0.29) is 6.10 Å². The summed E-state index contributed by atoms with van der Waals surface area (Å²) >= 11 is 5.86. The molecule has 1 heterocycles. The summed E-state index contributed by atoms with van der Waals surface area (Å²) < 4.78 is 5.48. The van der Waals surface area contributed by atoms with Crippen molar-refractivity contribution < 1.29 is 4.74 Å². The Kier molecular flexibility index (Phi) is 3.03. The summed E-state index contributed by atoms with van der Waals surface area (Å²) in [6.45, 7) is 4.59. The Labute approximate surface area is 94.8 Å². The van der Waals surface area contributed by atoms with Crippen LogP contribution in [-0.4, -0.2) is 25.8 Å².